The molecule has 0 saturated heterocycles. The second kappa shape index (κ2) is 7.45. The predicted molar refractivity (Wildman–Crippen MR) is 119 cm³/mol. The Hall–Kier alpha value is -3.72. The number of H-pyrrole nitrogens is 1. The fourth-order valence-electron chi connectivity index (χ4n) is 3.83. The molecule has 0 unspecified atom stereocenters. The number of aromatic nitrogens is 7. The van der Waals surface area contributed by atoms with Crippen molar-refractivity contribution in [1.82, 2.24) is 39.7 Å². The molecular weight excluding hydrogens is 428 g/mol. The van der Waals surface area contributed by atoms with Crippen LogP contribution in [0.15, 0.2) is 49.2 Å². The Morgan fingerprint density at radius 3 is 3.00 bits per heavy atom. The summed E-state index contributed by atoms with van der Waals surface area (Å²) < 4.78 is 3.66. The molecule has 1 aliphatic carbocycles. The number of carbonyl (C=O) groups excluding carboxylic acids is 1. The van der Waals surface area contributed by atoms with E-state index in [2.05, 4.69) is 42.8 Å². The highest BCUT2D eigenvalue weighted by Gasteiger charge is 2.23. The minimum atomic E-state index is -0.317. The highest BCUT2D eigenvalue weighted by molar-refractivity contribution is 6.35. The van der Waals surface area contributed by atoms with E-state index in [9.17, 15) is 4.79 Å². The van der Waals surface area contributed by atoms with Gasteiger partial charge >= 0.3 is 0 Å². The van der Waals surface area contributed by atoms with Crippen molar-refractivity contribution in [3.8, 4) is 0 Å². The maximum Gasteiger partial charge on any atom is 0.273 e. The van der Waals surface area contributed by atoms with Gasteiger partial charge in [-0.05, 0) is 36.5 Å². The second-order valence-corrected chi connectivity index (χ2v) is 8.48. The van der Waals surface area contributed by atoms with Gasteiger partial charge in [0.15, 0.2) is 5.69 Å². The van der Waals surface area contributed by atoms with Crippen LogP contribution in [0.2, 0.25) is 5.02 Å². The van der Waals surface area contributed by atoms with Crippen molar-refractivity contribution in [2.45, 2.75) is 31.8 Å². The van der Waals surface area contributed by atoms with Crippen LogP contribution < -0.4 is 5.32 Å². The van der Waals surface area contributed by atoms with Crippen LogP contribution in [0.1, 0.15) is 46.2 Å². The zero-order chi connectivity index (χ0) is 21.7. The number of aromatic amines is 1. The number of nitrogens with one attached hydrogen (secondary N) is 2. The van der Waals surface area contributed by atoms with E-state index in [1.807, 2.05) is 22.7 Å². The van der Waals surface area contributed by atoms with Crippen molar-refractivity contribution in [3.63, 3.8) is 0 Å². The van der Waals surface area contributed by atoms with E-state index in [1.165, 1.54) is 18.4 Å². The van der Waals surface area contributed by atoms with Crippen LogP contribution in [0, 0.1) is 0 Å². The Bertz CT molecular complexity index is 1460. The van der Waals surface area contributed by atoms with Crippen LogP contribution in [0.25, 0.3) is 16.6 Å². The first-order valence-electron chi connectivity index (χ1n) is 10.4. The molecule has 0 aliphatic heterocycles. The van der Waals surface area contributed by atoms with Gasteiger partial charge in [0.2, 0.25) is 0 Å². The Balaban J connectivity index is 1.12. The van der Waals surface area contributed by atoms with Crippen molar-refractivity contribution < 1.29 is 4.79 Å². The number of halogens is 1. The molecule has 160 valence electrons. The van der Waals surface area contributed by atoms with Gasteiger partial charge in [0, 0.05) is 24.0 Å². The summed E-state index contributed by atoms with van der Waals surface area (Å²) in [5, 5.41) is 12.4. The van der Waals surface area contributed by atoms with Gasteiger partial charge in [-0.1, -0.05) is 22.9 Å². The number of carbonyl (C=O) groups is 1. The molecule has 0 radical (unpaired) electrons. The molecule has 1 saturated carbocycles. The third kappa shape index (κ3) is 3.60. The van der Waals surface area contributed by atoms with Crippen LogP contribution in [0.3, 0.4) is 0 Å². The Morgan fingerprint density at radius 1 is 1.22 bits per heavy atom. The highest BCUT2D eigenvalue weighted by atomic mass is 35.5. The van der Waals surface area contributed by atoms with Crippen LogP contribution in [-0.2, 0) is 13.1 Å². The molecule has 9 nitrogen and oxygen atoms in total. The topological polar surface area (TPSA) is 106 Å². The second-order valence-electron chi connectivity index (χ2n) is 8.08. The monoisotopic (exact) mass is 446 g/mol. The minimum Gasteiger partial charge on any atom is -0.358 e. The quantitative estimate of drug-likeness (QED) is 0.416. The average molecular weight is 447 g/mol. The first-order chi connectivity index (χ1) is 15.6. The summed E-state index contributed by atoms with van der Waals surface area (Å²) in [6.45, 7) is 0.698. The number of amides is 1. The molecule has 32 heavy (non-hydrogen) atoms. The number of hydrogen-bond donors (Lipinski definition) is 2. The molecule has 10 heteroatoms. The van der Waals surface area contributed by atoms with Crippen LogP contribution in [0.5, 0.6) is 0 Å². The van der Waals surface area contributed by atoms with Crippen molar-refractivity contribution in [3.05, 3.63) is 76.9 Å². The number of fused-ring (bicyclic) bond motifs is 2. The molecule has 0 bridgehead atoms. The summed E-state index contributed by atoms with van der Waals surface area (Å²) in [6, 6.07) is 6.05. The first kappa shape index (κ1) is 19.0. The predicted octanol–water partition coefficient (Wildman–Crippen LogP) is 3.31. The van der Waals surface area contributed by atoms with E-state index in [4.69, 9.17) is 11.6 Å². The van der Waals surface area contributed by atoms with Crippen molar-refractivity contribution in [1.29, 1.82) is 0 Å². The number of imidazole rings is 1. The largest absolute Gasteiger partial charge is 0.358 e. The zero-order valence-corrected chi connectivity index (χ0v) is 17.8. The fraction of sp³-hybridized carbons (Fsp3) is 0.227. The fourth-order valence-corrected chi connectivity index (χ4v) is 4.04. The number of rotatable bonds is 6. The van der Waals surface area contributed by atoms with Gasteiger partial charge in [-0.3, -0.25) is 9.78 Å². The smallest absolute Gasteiger partial charge is 0.273 e. The highest BCUT2D eigenvalue weighted by Crippen LogP contribution is 2.39. The normalized spacial score (nSPS) is 13.8. The summed E-state index contributed by atoms with van der Waals surface area (Å²) in [4.78, 5) is 24.5. The van der Waals surface area contributed by atoms with Crippen molar-refractivity contribution in [2.75, 3.05) is 0 Å². The Kier molecular flexibility index (Phi) is 4.43. The summed E-state index contributed by atoms with van der Waals surface area (Å²) in [6.07, 6.45) is 11.7. The summed E-state index contributed by atoms with van der Waals surface area (Å²) in [7, 11) is 0. The molecule has 6 rings (SSSR count). The Labute approximate surface area is 187 Å². The third-order valence-electron chi connectivity index (χ3n) is 5.67. The number of nitrogens with zero attached hydrogens (tertiary/aromatic N) is 6. The van der Waals surface area contributed by atoms with Crippen LogP contribution in [0.4, 0.5) is 0 Å². The number of pyridine rings is 2. The van der Waals surface area contributed by atoms with Gasteiger partial charge in [0.25, 0.3) is 5.91 Å². The lowest BCUT2D eigenvalue weighted by molar-refractivity contribution is 0.0945. The molecule has 1 fully saturated rings. The lowest BCUT2D eigenvalue weighted by Crippen LogP contribution is -2.23. The van der Waals surface area contributed by atoms with E-state index >= 15 is 0 Å². The minimum absolute atomic E-state index is 0.241. The molecule has 2 N–H and O–H groups in total. The zero-order valence-electron chi connectivity index (χ0n) is 17.0. The molecule has 1 amide bonds. The van der Waals surface area contributed by atoms with Gasteiger partial charge in [0.05, 0.1) is 47.4 Å². The molecule has 5 aromatic heterocycles. The third-order valence-corrected chi connectivity index (χ3v) is 5.98. The van der Waals surface area contributed by atoms with E-state index in [1.54, 1.807) is 23.3 Å². The first-order valence-corrected chi connectivity index (χ1v) is 10.8. The maximum absolute atomic E-state index is 12.5. The van der Waals surface area contributed by atoms with Crippen molar-refractivity contribution >= 4 is 34.1 Å². The average Bonchev–Trinajstić information content (AvgIpc) is 3.24. The van der Waals surface area contributed by atoms with E-state index in [0.717, 1.165) is 22.2 Å². The lowest BCUT2D eigenvalue weighted by Gasteiger charge is -2.03. The van der Waals surface area contributed by atoms with E-state index < -0.39 is 0 Å². The van der Waals surface area contributed by atoms with Gasteiger partial charge in [0.1, 0.15) is 5.65 Å². The van der Waals surface area contributed by atoms with E-state index in [-0.39, 0.29) is 18.1 Å². The van der Waals surface area contributed by atoms with Gasteiger partial charge in [-0.15, -0.1) is 5.10 Å². The van der Waals surface area contributed by atoms with Gasteiger partial charge < -0.3 is 14.7 Å². The molecule has 1 aliphatic rings. The molecule has 5 aromatic rings. The van der Waals surface area contributed by atoms with Gasteiger partial charge in [-0.25, -0.2) is 9.67 Å². The molecule has 5 heterocycles. The Morgan fingerprint density at radius 2 is 2.12 bits per heavy atom. The molecule has 0 spiro atoms. The summed E-state index contributed by atoms with van der Waals surface area (Å²) >= 11 is 6.15. The van der Waals surface area contributed by atoms with Crippen LogP contribution >= 0.6 is 11.6 Å². The lowest BCUT2D eigenvalue weighted by atomic mass is 10.2. The molecule has 0 atom stereocenters. The standard InChI is InChI=1S/C22H19ClN8O/c23-18-7-25-19-8-24-15(5-17(18)19)6-26-22(32)20-12-31(29-28-20)11-16-10-30-9-14(13-1-2-13)3-4-21(30)27-16/h3-5,7-10,12-13,25H,1-2,6,11H2,(H,26,32). The van der Waals surface area contributed by atoms with Gasteiger partial charge in [-0.2, -0.15) is 0 Å². The molecule has 0 aromatic carbocycles. The molecular formula is C22H19ClN8O. The van der Waals surface area contributed by atoms with Crippen LogP contribution in [-0.4, -0.2) is 40.3 Å². The van der Waals surface area contributed by atoms with E-state index in [0.29, 0.717) is 23.2 Å². The summed E-state index contributed by atoms with van der Waals surface area (Å²) in [5.41, 5.74) is 4.91. The maximum atomic E-state index is 12.5. The SMILES string of the molecule is O=C(NCc1cc2c(Cl)c[nH]c2cn1)c1cn(Cc2cn3cc(C4CC4)ccc3n2)nn1. The van der Waals surface area contributed by atoms with Crippen molar-refractivity contribution in [2.24, 2.45) is 0 Å². The number of hydrogen-bond acceptors (Lipinski definition) is 5. The summed E-state index contributed by atoms with van der Waals surface area (Å²) in [5.74, 6) is 0.376.